The molecule has 0 saturated heterocycles. The van der Waals surface area contributed by atoms with Crippen molar-refractivity contribution in [3.05, 3.63) is 83.7 Å². The van der Waals surface area contributed by atoms with E-state index in [2.05, 4.69) is 15.5 Å². The monoisotopic (exact) mass is 560 g/mol. The Morgan fingerprint density at radius 2 is 1.61 bits per heavy atom. The van der Waals surface area contributed by atoms with Gasteiger partial charge in [-0.3, -0.25) is 14.6 Å². The summed E-state index contributed by atoms with van der Waals surface area (Å²) in [5.41, 5.74) is 4.35. The number of hydrazone groups is 1. The number of methoxy groups -OCH3 is 1. The molecule has 1 aromatic heterocycles. The third kappa shape index (κ3) is 9.63. The van der Waals surface area contributed by atoms with Gasteiger partial charge in [0.05, 0.1) is 32.1 Å². The molecule has 2 amide bonds. The van der Waals surface area contributed by atoms with Gasteiger partial charge in [0.25, 0.3) is 11.8 Å². The maximum atomic E-state index is 13.0. The summed E-state index contributed by atoms with van der Waals surface area (Å²) >= 11 is 0. The molecule has 0 unspecified atom stereocenters. The van der Waals surface area contributed by atoms with Gasteiger partial charge in [-0.2, -0.15) is 5.10 Å². The summed E-state index contributed by atoms with van der Waals surface area (Å²) in [5, 5.41) is 3.99. The lowest BCUT2D eigenvalue weighted by molar-refractivity contribution is 0.0643. The van der Waals surface area contributed by atoms with Crippen molar-refractivity contribution in [3.8, 4) is 17.2 Å². The van der Waals surface area contributed by atoms with Gasteiger partial charge in [-0.05, 0) is 107 Å². The van der Waals surface area contributed by atoms with Crippen LogP contribution in [0.25, 0.3) is 0 Å². The molecule has 218 valence electrons. The third-order valence-corrected chi connectivity index (χ3v) is 6.26. The van der Waals surface area contributed by atoms with Crippen molar-refractivity contribution in [2.24, 2.45) is 5.10 Å². The normalized spacial score (nSPS) is 11.1. The number of pyridine rings is 1. The van der Waals surface area contributed by atoms with E-state index < -0.39 is 0 Å². The van der Waals surface area contributed by atoms with E-state index >= 15 is 0 Å². The number of nitrogens with one attached hydrogen (secondary N) is 1. The van der Waals surface area contributed by atoms with E-state index in [4.69, 9.17) is 14.2 Å². The molecule has 0 aliphatic heterocycles. The molecule has 1 N–H and O–H groups in total. The van der Waals surface area contributed by atoms with Crippen molar-refractivity contribution in [1.82, 2.24) is 15.3 Å². The molecule has 0 bridgehead atoms. The molecular weight excluding hydrogens is 520 g/mol. The molecule has 41 heavy (non-hydrogen) atoms. The first-order valence-corrected chi connectivity index (χ1v) is 13.9. The number of aromatic nitrogens is 1. The largest absolute Gasteiger partial charge is 0.494 e. The number of amides is 2. The molecule has 0 atom stereocenters. The van der Waals surface area contributed by atoms with E-state index in [1.54, 1.807) is 49.9 Å². The second-order valence-electron chi connectivity index (χ2n) is 10.0. The highest BCUT2D eigenvalue weighted by Crippen LogP contribution is 2.29. The lowest BCUT2D eigenvalue weighted by atomic mass is 10.1. The van der Waals surface area contributed by atoms with Crippen LogP contribution in [0.2, 0.25) is 0 Å². The van der Waals surface area contributed by atoms with Crippen LogP contribution in [0, 0.1) is 0 Å². The highest BCUT2D eigenvalue weighted by Gasteiger charge is 2.22. The number of ether oxygens (including phenoxy) is 3. The lowest BCUT2D eigenvalue weighted by Crippen LogP contribution is -2.42. The van der Waals surface area contributed by atoms with Crippen LogP contribution < -0.4 is 19.6 Å². The Labute approximate surface area is 242 Å². The minimum Gasteiger partial charge on any atom is -0.494 e. The van der Waals surface area contributed by atoms with Gasteiger partial charge in [0.1, 0.15) is 5.75 Å². The summed E-state index contributed by atoms with van der Waals surface area (Å²) in [7, 11) is 1.58. The number of rotatable bonds is 15. The average Bonchev–Trinajstić information content (AvgIpc) is 2.97. The molecule has 3 rings (SSSR count). The van der Waals surface area contributed by atoms with Gasteiger partial charge in [-0.1, -0.05) is 0 Å². The van der Waals surface area contributed by atoms with Crippen LogP contribution in [0.1, 0.15) is 73.2 Å². The molecule has 0 saturated carbocycles. The SMILES string of the molecule is COc1cc(C(=O)N(C(C)C)C(C)C)ccc1OCCCCCOc1ccc(C=NNC(=O)c2cccnc2)cc1. The first-order chi connectivity index (χ1) is 19.8. The number of carbonyl (C=O) groups is 2. The fraction of sp³-hybridized carbons (Fsp3) is 0.375. The van der Waals surface area contributed by atoms with E-state index in [-0.39, 0.29) is 23.9 Å². The first kappa shape index (κ1) is 31.1. The smallest absolute Gasteiger partial charge is 0.272 e. The van der Waals surface area contributed by atoms with Crippen molar-refractivity contribution < 1.29 is 23.8 Å². The summed E-state index contributed by atoms with van der Waals surface area (Å²) in [6, 6.07) is 16.4. The maximum Gasteiger partial charge on any atom is 0.272 e. The second-order valence-corrected chi connectivity index (χ2v) is 10.0. The van der Waals surface area contributed by atoms with Gasteiger partial charge in [0, 0.05) is 30.0 Å². The van der Waals surface area contributed by atoms with Gasteiger partial charge in [-0.15, -0.1) is 0 Å². The summed E-state index contributed by atoms with van der Waals surface area (Å²) in [6.45, 7) is 9.19. The minimum absolute atomic E-state index is 0.0205. The zero-order chi connectivity index (χ0) is 29.6. The number of unbranched alkanes of at least 4 members (excludes halogenated alkanes) is 2. The zero-order valence-corrected chi connectivity index (χ0v) is 24.5. The number of hydrogen-bond donors (Lipinski definition) is 1. The molecule has 9 nitrogen and oxygen atoms in total. The van der Waals surface area contributed by atoms with Crippen LogP contribution in [-0.2, 0) is 0 Å². The summed E-state index contributed by atoms with van der Waals surface area (Å²) in [4.78, 5) is 30.7. The Balaban J connectivity index is 1.35. The van der Waals surface area contributed by atoms with E-state index in [0.717, 1.165) is 30.6 Å². The van der Waals surface area contributed by atoms with E-state index in [0.29, 0.717) is 35.8 Å². The Morgan fingerprint density at radius 3 is 2.24 bits per heavy atom. The molecule has 0 fully saturated rings. The molecule has 2 aromatic carbocycles. The molecule has 9 heteroatoms. The standard InChI is InChI=1S/C32H40N4O5/c1-23(2)36(24(3)4)32(38)26-13-16-29(30(20-26)39-5)41-19-8-6-7-18-40-28-14-11-25(12-15-28)21-34-35-31(37)27-10-9-17-33-22-27/h9-17,20-24H,6-8,18-19H2,1-5H3,(H,35,37). The van der Waals surface area contributed by atoms with Crippen molar-refractivity contribution >= 4 is 18.0 Å². The average molecular weight is 561 g/mol. The number of carbonyl (C=O) groups excluding carboxylic acids is 2. The van der Waals surface area contributed by atoms with Gasteiger partial charge in [-0.25, -0.2) is 5.43 Å². The summed E-state index contributed by atoms with van der Waals surface area (Å²) in [5.74, 6) is 1.61. The zero-order valence-electron chi connectivity index (χ0n) is 24.5. The third-order valence-electron chi connectivity index (χ3n) is 6.26. The highest BCUT2D eigenvalue weighted by atomic mass is 16.5. The number of hydrogen-bond acceptors (Lipinski definition) is 7. The summed E-state index contributed by atoms with van der Waals surface area (Å²) in [6.07, 6.45) is 7.36. The number of nitrogens with zero attached hydrogens (tertiary/aromatic N) is 3. The van der Waals surface area contributed by atoms with Crippen LogP contribution in [0.4, 0.5) is 0 Å². The van der Waals surface area contributed by atoms with Crippen LogP contribution in [0.3, 0.4) is 0 Å². The lowest BCUT2D eigenvalue weighted by Gasteiger charge is -2.31. The topological polar surface area (TPSA) is 102 Å². The molecule has 0 spiro atoms. The van der Waals surface area contributed by atoms with Crippen LogP contribution in [0.15, 0.2) is 72.1 Å². The van der Waals surface area contributed by atoms with Crippen molar-refractivity contribution in [3.63, 3.8) is 0 Å². The van der Waals surface area contributed by atoms with Gasteiger partial charge < -0.3 is 19.1 Å². The molecule has 0 aliphatic carbocycles. The van der Waals surface area contributed by atoms with Gasteiger partial charge >= 0.3 is 0 Å². The van der Waals surface area contributed by atoms with E-state index in [1.165, 1.54) is 6.20 Å². The van der Waals surface area contributed by atoms with Crippen molar-refractivity contribution in [1.29, 1.82) is 0 Å². The van der Waals surface area contributed by atoms with E-state index in [9.17, 15) is 9.59 Å². The minimum atomic E-state index is -0.316. The van der Waals surface area contributed by atoms with Crippen molar-refractivity contribution in [2.75, 3.05) is 20.3 Å². The molecule has 0 aliphatic rings. The fourth-order valence-corrected chi connectivity index (χ4v) is 4.26. The molecule has 1 heterocycles. The fourth-order valence-electron chi connectivity index (χ4n) is 4.26. The second kappa shape index (κ2) is 16.0. The Bertz CT molecular complexity index is 1270. The van der Waals surface area contributed by atoms with Gasteiger partial charge in [0.15, 0.2) is 11.5 Å². The van der Waals surface area contributed by atoms with Gasteiger partial charge in [0.2, 0.25) is 0 Å². The highest BCUT2D eigenvalue weighted by molar-refractivity contribution is 5.95. The van der Waals surface area contributed by atoms with Crippen molar-refractivity contribution in [2.45, 2.75) is 59.0 Å². The van der Waals surface area contributed by atoms with Crippen LogP contribution >= 0.6 is 0 Å². The summed E-state index contributed by atoms with van der Waals surface area (Å²) < 4.78 is 17.3. The van der Waals surface area contributed by atoms with Crippen LogP contribution in [-0.4, -0.2) is 60.3 Å². The predicted molar refractivity (Wildman–Crippen MR) is 160 cm³/mol. The first-order valence-electron chi connectivity index (χ1n) is 13.9. The molecule has 0 radical (unpaired) electrons. The van der Waals surface area contributed by atoms with E-state index in [1.807, 2.05) is 56.9 Å². The quantitative estimate of drug-likeness (QED) is 0.144. The molecular formula is C32H40N4O5. The Hall–Kier alpha value is -4.40. The van der Waals surface area contributed by atoms with Crippen LogP contribution in [0.5, 0.6) is 17.2 Å². The maximum absolute atomic E-state index is 13.0. The molecule has 3 aromatic rings. The Morgan fingerprint density at radius 1 is 0.902 bits per heavy atom. The number of benzene rings is 2. The predicted octanol–water partition coefficient (Wildman–Crippen LogP) is 5.74. The Kier molecular flexibility index (Phi) is 12.2.